The molecule has 2 aromatic rings. The summed E-state index contributed by atoms with van der Waals surface area (Å²) in [6, 6.07) is 16.8. The van der Waals surface area contributed by atoms with Crippen molar-refractivity contribution >= 4 is 23.9 Å². The SMILES string of the molecule is CC(C)OC(=O)C(C)C(CC(C)C(=O)OCCOC(=O)c1ccc(-c2ccccc2)cc1)C(=O)OC(C)C. The van der Waals surface area contributed by atoms with Gasteiger partial charge in [-0.15, -0.1) is 0 Å². The van der Waals surface area contributed by atoms with Crippen LogP contribution < -0.4 is 0 Å². The second-order valence-corrected chi connectivity index (χ2v) is 9.75. The first-order chi connectivity index (χ1) is 18.0. The van der Waals surface area contributed by atoms with Crippen LogP contribution in [0.3, 0.4) is 0 Å². The van der Waals surface area contributed by atoms with Gasteiger partial charge in [-0.2, -0.15) is 0 Å². The van der Waals surface area contributed by atoms with Crippen LogP contribution in [-0.4, -0.2) is 49.3 Å². The van der Waals surface area contributed by atoms with Crippen molar-refractivity contribution in [3.8, 4) is 11.1 Å². The molecule has 206 valence electrons. The standard InChI is InChI=1S/C30H38O8/c1-19(2)37-28(32)22(6)26(30(34)38-20(3)4)18-21(5)27(31)35-16-17-36-29(33)25-14-12-24(13-15-25)23-10-8-7-9-11-23/h7-15,19-22,26H,16-18H2,1-6H3. The van der Waals surface area contributed by atoms with Gasteiger partial charge in [0, 0.05) is 0 Å². The topological polar surface area (TPSA) is 105 Å². The van der Waals surface area contributed by atoms with E-state index < -0.39 is 41.6 Å². The van der Waals surface area contributed by atoms with Crippen molar-refractivity contribution in [3.05, 3.63) is 60.2 Å². The number of hydrogen-bond acceptors (Lipinski definition) is 8. The zero-order valence-electron chi connectivity index (χ0n) is 23.0. The highest BCUT2D eigenvalue weighted by atomic mass is 16.6. The van der Waals surface area contributed by atoms with Gasteiger partial charge < -0.3 is 18.9 Å². The predicted molar refractivity (Wildman–Crippen MR) is 142 cm³/mol. The van der Waals surface area contributed by atoms with Crippen LogP contribution in [0.1, 0.15) is 58.3 Å². The van der Waals surface area contributed by atoms with E-state index in [1.54, 1.807) is 53.7 Å². The molecule has 8 heteroatoms. The quantitative estimate of drug-likeness (QED) is 0.198. The molecule has 0 amide bonds. The van der Waals surface area contributed by atoms with Crippen LogP contribution >= 0.6 is 0 Å². The number of rotatable bonds is 13. The summed E-state index contributed by atoms with van der Waals surface area (Å²) in [5.74, 6) is -4.57. The van der Waals surface area contributed by atoms with Gasteiger partial charge in [-0.25, -0.2) is 4.79 Å². The van der Waals surface area contributed by atoms with Crippen LogP contribution in [0.4, 0.5) is 0 Å². The molecule has 0 saturated heterocycles. The number of carbonyl (C=O) groups excluding carboxylic acids is 4. The van der Waals surface area contributed by atoms with Gasteiger partial charge in [0.2, 0.25) is 0 Å². The molecular weight excluding hydrogens is 488 g/mol. The zero-order chi connectivity index (χ0) is 28.2. The van der Waals surface area contributed by atoms with Gasteiger partial charge in [0.15, 0.2) is 0 Å². The first-order valence-electron chi connectivity index (χ1n) is 12.9. The Morgan fingerprint density at radius 2 is 1.16 bits per heavy atom. The zero-order valence-corrected chi connectivity index (χ0v) is 23.0. The molecule has 0 radical (unpaired) electrons. The number of hydrogen-bond donors (Lipinski definition) is 0. The lowest BCUT2D eigenvalue weighted by Gasteiger charge is -2.25. The second kappa shape index (κ2) is 14.9. The Balaban J connectivity index is 1.86. The third-order valence-electron chi connectivity index (χ3n) is 5.78. The Morgan fingerprint density at radius 1 is 0.632 bits per heavy atom. The highest BCUT2D eigenvalue weighted by molar-refractivity contribution is 5.90. The minimum atomic E-state index is -0.872. The molecule has 0 aliphatic rings. The summed E-state index contributed by atoms with van der Waals surface area (Å²) in [6.07, 6.45) is -0.657. The van der Waals surface area contributed by atoms with Gasteiger partial charge in [0.1, 0.15) is 13.2 Å². The summed E-state index contributed by atoms with van der Waals surface area (Å²) in [5.41, 5.74) is 2.41. The fourth-order valence-corrected chi connectivity index (χ4v) is 3.74. The maximum absolute atomic E-state index is 12.7. The summed E-state index contributed by atoms with van der Waals surface area (Å²) < 4.78 is 21.0. The van der Waals surface area contributed by atoms with Crippen LogP contribution in [0, 0.1) is 17.8 Å². The Hall–Kier alpha value is -3.68. The van der Waals surface area contributed by atoms with E-state index in [0.717, 1.165) is 11.1 Å². The molecule has 0 aromatic heterocycles. The largest absolute Gasteiger partial charge is 0.463 e. The van der Waals surface area contributed by atoms with Gasteiger partial charge in [-0.05, 0) is 57.4 Å². The molecule has 0 fully saturated rings. The van der Waals surface area contributed by atoms with Crippen molar-refractivity contribution in [3.63, 3.8) is 0 Å². The summed E-state index contributed by atoms with van der Waals surface area (Å²) in [4.78, 5) is 50.0. The number of esters is 4. The molecule has 3 unspecified atom stereocenters. The van der Waals surface area contributed by atoms with E-state index >= 15 is 0 Å². The molecule has 0 aliphatic carbocycles. The average Bonchev–Trinajstić information content (AvgIpc) is 2.88. The van der Waals surface area contributed by atoms with E-state index in [1.807, 2.05) is 42.5 Å². The number of benzene rings is 2. The molecule has 3 atom stereocenters. The van der Waals surface area contributed by atoms with Crippen molar-refractivity contribution in [1.29, 1.82) is 0 Å². The van der Waals surface area contributed by atoms with Crippen molar-refractivity contribution in [1.82, 2.24) is 0 Å². The lowest BCUT2D eigenvalue weighted by Crippen LogP contribution is -2.35. The van der Waals surface area contributed by atoms with Crippen molar-refractivity contribution < 1.29 is 38.1 Å². The van der Waals surface area contributed by atoms with E-state index in [4.69, 9.17) is 18.9 Å². The van der Waals surface area contributed by atoms with E-state index in [-0.39, 0.29) is 31.8 Å². The molecule has 2 aromatic carbocycles. The minimum absolute atomic E-state index is 0.0479. The van der Waals surface area contributed by atoms with Gasteiger partial charge in [-0.1, -0.05) is 56.3 Å². The van der Waals surface area contributed by atoms with Crippen molar-refractivity contribution in [2.75, 3.05) is 13.2 Å². The maximum Gasteiger partial charge on any atom is 0.338 e. The molecular formula is C30H38O8. The molecule has 2 rings (SSSR count). The van der Waals surface area contributed by atoms with Crippen LogP contribution in [0.2, 0.25) is 0 Å². The fourth-order valence-electron chi connectivity index (χ4n) is 3.74. The summed E-state index contributed by atoms with van der Waals surface area (Å²) in [5, 5.41) is 0. The van der Waals surface area contributed by atoms with E-state index in [9.17, 15) is 19.2 Å². The van der Waals surface area contributed by atoms with Crippen LogP contribution in [0.25, 0.3) is 11.1 Å². The molecule has 0 aliphatic heterocycles. The Morgan fingerprint density at radius 3 is 1.74 bits per heavy atom. The van der Waals surface area contributed by atoms with Gasteiger partial charge in [0.05, 0.1) is 35.5 Å². The molecule has 0 spiro atoms. The molecule has 0 N–H and O–H groups in total. The lowest BCUT2D eigenvalue weighted by molar-refractivity contribution is -0.166. The first kappa shape index (κ1) is 30.5. The normalized spacial score (nSPS) is 13.4. The minimum Gasteiger partial charge on any atom is -0.463 e. The lowest BCUT2D eigenvalue weighted by atomic mass is 9.85. The van der Waals surface area contributed by atoms with Crippen molar-refractivity contribution in [2.45, 2.75) is 60.2 Å². The maximum atomic E-state index is 12.7. The molecule has 0 saturated carbocycles. The molecule has 0 heterocycles. The number of carbonyl (C=O) groups is 4. The summed E-state index contributed by atoms with van der Waals surface area (Å²) in [7, 11) is 0. The Kier molecular flexibility index (Phi) is 12.0. The van der Waals surface area contributed by atoms with Crippen LogP contribution in [-0.2, 0) is 33.3 Å². The summed E-state index contributed by atoms with van der Waals surface area (Å²) in [6.45, 7) is 9.80. The van der Waals surface area contributed by atoms with Crippen LogP contribution in [0.15, 0.2) is 54.6 Å². The number of ether oxygens (including phenoxy) is 4. The van der Waals surface area contributed by atoms with Gasteiger partial charge in [0.25, 0.3) is 0 Å². The molecule has 0 bridgehead atoms. The smallest absolute Gasteiger partial charge is 0.338 e. The molecule has 38 heavy (non-hydrogen) atoms. The monoisotopic (exact) mass is 526 g/mol. The Labute approximate surface area is 224 Å². The highest BCUT2D eigenvalue weighted by Gasteiger charge is 2.36. The second-order valence-electron chi connectivity index (χ2n) is 9.75. The van der Waals surface area contributed by atoms with E-state index in [2.05, 4.69) is 0 Å². The van der Waals surface area contributed by atoms with Crippen molar-refractivity contribution in [2.24, 2.45) is 17.8 Å². The third-order valence-corrected chi connectivity index (χ3v) is 5.78. The fraction of sp³-hybridized carbons (Fsp3) is 0.467. The van der Waals surface area contributed by atoms with E-state index in [1.165, 1.54) is 0 Å². The first-order valence-corrected chi connectivity index (χ1v) is 12.9. The van der Waals surface area contributed by atoms with Gasteiger partial charge >= 0.3 is 23.9 Å². The van der Waals surface area contributed by atoms with Gasteiger partial charge in [-0.3, -0.25) is 14.4 Å². The third kappa shape index (κ3) is 9.65. The predicted octanol–water partition coefficient (Wildman–Crippen LogP) is 5.24. The summed E-state index contributed by atoms with van der Waals surface area (Å²) >= 11 is 0. The Bertz CT molecular complexity index is 1060. The highest BCUT2D eigenvalue weighted by Crippen LogP contribution is 2.25. The molecule has 8 nitrogen and oxygen atoms in total. The van der Waals surface area contributed by atoms with Crippen LogP contribution in [0.5, 0.6) is 0 Å². The average molecular weight is 527 g/mol. The van der Waals surface area contributed by atoms with E-state index in [0.29, 0.717) is 5.56 Å².